The molecule has 1 aliphatic rings. The van der Waals surface area contributed by atoms with Gasteiger partial charge in [0.1, 0.15) is 5.75 Å². The molecule has 0 aliphatic heterocycles. The van der Waals surface area contributed by atoms with E-state index in [1.54, 1.807) is 13.3 Å². The predicted octanol–water partition coefficient (Wildman–Crippen LogP) is 3.97. The topological polar surface area (TPSA) is 22.1 Å². The normalized spacial score (nSPS) is 16.2. The maximum atomic E-state index is 5.34. The Morgan fingerprint density at radius 1 is 1.21 bits per heavy atom. The van der Waals surface area contributed by atoms with Crippen LogP contribution in [0.25, 0.3) is 11.6 Å². The third-order valence-corrected chi connectivity index (χ3v) is 3.58. The summed E-state index contributed by atoms with van der Waals surface area (Å²) < 4.78 is 5.34. The number of nitrogens with zero attached hydrogens (tertiary/aromatic N) is 1. The molecule has 0 radical (unpaired) electrons. The van der Waals surface area contributed by atoms with Crippen LogP contribution >= 0.6 is 0 Å². The molecule has 0 unspecified atom stereocenters. The summed E-state index contributed by atoms with van der Waals surface area (Å²) in [5, 5.41) is 0. The molecule has 1 aliphatic carbocycles. The lowest BCUT2D eigenvalue weighted by molar-refractivity contribution is 0.414. The van der Waals surface area contributed by atoms with Crippen LogP contribution in [-0.4, -0.2) is 12.1 Å². The second-order valence-corrected chi connectivity index (χ2v) is 4.83. The molecule has 0 amide bonds. The molecule has 0 saturated carbocycles. The molecule has 2 heteroatoms. The van der Waals surface area contributed by atoms with E-state index >= 15 is 0 Å². The van der Waals surface area contributed by atoms with Gasteiger partial charge in [0, 0.05) is 12.4 Å². The third-order valence-electron chi connectivity index (χ3n) is 3.58. The predicted molar refractivity (Wildman–Crippen MR) is 78.0 cm³/mol. The number of ether oxygens (including phenoxy) is 1. The summed E-state index contributed by atoms with van der Waals surface area (Å²) in [6.45, 7) is 0. The molecule has 2 nitrogen and oxygen atoms in total. The van der Waals surface area contributed by atoms with Crippen molar-refractivity contribution in [2.75, 3.05) is 7.11 Å². The van der Waals surface area contributed by atoms with Crippen LogP contribution in [0.3, 0.4) is 0 Å². The number of benzene rings is 1. The van der Waals surface area contributed by atoms with E-state index in [2.05, 4.69) is 29.3 Å². The number of fused-ring (bicyclic) bond motifs is 1. The fraction of sp³-hybridized carbons (Fsp3) is 0.235. The van der Waals surface area contributed by atoms with Gasteiger partial charge in [-0.05, 0) is 65.8 Å². The van der Waals surface area contributed by atoms with Crippen molar-refractivity contribution < 1.29 is 4.74 Å². The van der Waals surface area contributed by atoms with E-state index in [4.69, 9.17) is 4.74 Å². The fourth-order valence-corrected chi connectivity index (χ4v) is 2.62. The molecule has 19 heavy (non-hydrogen) atoms. The Bertz CT molecular complexity index is 602. The Morgan fingerprint density at radius 2 is 2.16 bits per heavy atom. The highest BCUT2D eigenvalue weighted by Gasteiger charge is 2.14. The molecule has 0 fully saturated rings. The van der Waals surface area contributed by atoms with E-state index in [1.165, 1.54) is 23.1 Å². The Hall–Kier alpha value is -2.09. The molecule has 1 aromatic heterocycles. The van der Waals surface area contributed by atoms with Crippen LogP contribution in [0.4, 0.5) is 0 Å². The Morgan fingerprint density at radius 3 is 2.95 bits per heavy atom. The van der Waals surface area contributed by atoms with Crippen LogP contribution in [0, 0.1) is 0 Å². The first kappa shape index (κ1) is 12.0. The largest absolute Gasteiger partial charge is 0.497 e. The highest BCUT2D eigenvalue weighted by atomic mass is 16.5. The molecule has 0 bridgehead atoms. The number of methoxy groups -OCH3 is 1. The monoisotopic (exact) mass is 251 g/mol. The van der Waals surface area contributed by atoms with Crippen LogP contribution in [0.1, 0.15) is 29.5 Å². The van der Waals surface area contributed by atoms with Gasteiger partial charge in [-0.1, -0.05) is 12.1 Å². The lowest BCUT2D eigenvalue weighted by atomic mass is 9.86. The zero-order valence-electron chi connectivity index (χ0n) is 11.1. The minimum Gasteiger partial charge on any atom is -0.497 e. The van der Waals surface area contributed by atoms with E-state index in [-0.39, 0.29) is 0 Å². The zero-order chi connectivity index (χ0) is 13.1. The molecular weight excluding hydrogens is 234 g/mol. The average Bonchev–Trinajstić information content (AvgIpc) is 2.48. The first-order valence-corrected chi connectivity index (χ1v) is 6.65. The molecule has 0 spiro atoms. The SMILES string of the molecule is COc1ccc2c(c1)/C(=C\c1cccnc1)CCC2. The van der Waals surface area contributed by atoms with E-state index < -0.39 is 0 Å². The van der Waals surface area contributed by atoms with Gasteiger partial charge in [0.25, 0.3) is 0 Å². The van der Waals surface area contributed by atoms with Crippen molar-refractivity contribution in [1.82, 2.24) is 4.98 Å². The third kappa shape index (κ3) is 2.53. The molecule has 2 aromatic rings. The van der Waals surface area contributed by atoms with Crippen molar-refractivity contribution in [3.05, 3.63) is 59.4 Å². The highest BCUT2D eigenvalue weighted by molar-refractivity contribution is 5.84. The van der Waals surface area contributed by atoms with Crippen molar-refractivity contribution in [2.24, 2.45) is 0 Å². The van der Waals surface area contributed by atoms with Gasteiger partial charge in [0.15, 0.2) is 0 Å². The number of hydrogen-bond donors (Lipinski definition) is 0. The van der Waals surface area contributed by atoms with Gasteiger partial charge >= 0.3 is 0 Å². The van der Waals surface area contributed by atoms with Gasteiger partial charge in [-0.25, -0.2) is 0 Å². The number of hydrogen-bond acceptors (Lipinski definition) is 2. The zero-order valence-corrected chi connectivity index (χ0v) is 11.1. The number of rotatable bonds is 2. The summed E-state index contributed by atoms with van der Waals surface area (Å²) in [7, 11) is 1.72. The summed E-state index contributed by atoms with van der Waals surface area (Å²) in [4.78, 5) is 4.17. The summed E-state index contributed by atoms with van der Waals surface area (Å²) in [6.07, 6.45) is 9.44. The smallest absolute Gasteiger partial charge is 0.119 e. The van der Waals surface area contributed by atoms with Crippen molar-refractivity contribution in [2.45, 2.75) is 19.3 Å². The minimum absolute atomic E-state index is 0.928. The van der Waals surface area contributed by atoms with Gasteiger partial charge in [0.05, 0.1) is 7.11 Å². The average molecular weight is 251 g/mol. The fourth-order valence-electron chi connectivity index (χ4n) is 2.62. The summed E-state index contributed by atoms with van der Waals surface area (Å²) in [5.41, 5.74) is 5.29. The second kappa shape index (κ2) is 5.27. The van der Waals surface area contributed by atoms with Crippen molar-refractivity contribution in [3.63, 3.8) is 0 Å². The van der Waals surface area contributed by atoms with Gasteiger partial charge in [-0.15, -0.1) is 0 Å². The van der Waals surface area contributed by atoms with Crippen molar-refractivity contribution in [3.8, 4) is 5.75 Å². The molecule has 1 heterocycles. The van der Waals surface area contributed by atoms with Crippen LogP contribution < -0.4 is 4.74 Å². The van der Waals surface area contributed by atoms with Gasteiger partial charge in [0.2, 0.25) is 0 Å². The number of aryl methyl sites for hydroxylation is 1. The lowest BCUT2D eigenvalue weighted by Crippen LogP contribution is -2.02. The standard InChI is InChI=1S/C17H17NO/c1-19-16-8-7-14-5-2-6-15(17(14)11-16)10-13-4-3-9-18-12-13/h3-4,7-12H,2,5-6H2,1H3/b15-10-. The first-order valence-electron chi connectivity index (χ1n) is 6.65. The van der Waals surface area contributed by atoms with E-state index in [0.717, 1.165) is 24.2 Å². The lowest BCUT2D eigenvalue weighted by Gasteiger charge is -2.20. The van der Waals surface area contributed by atoms with E-state index in [9.17, 15) is 0 Å². The molecule has 0 saturated heterocycles. The summed E-state index contributed by atoms with van der Waals surface area (Å²) in [6, 6.07) is 10.4. The maximum absolute atomic E-state index is 5.34. The van der Waals surface area contributed by atoms with Crippen LogP contribution in [0.2, 0.25) is 0 Å². The number of aromatic nitrogens is 1. The van der Waals surface area contributed by atoms with Gasteiger partial charge in [-0.3, -0.25) is 4.98 Å². The van der Waals surface area contributed by atoms with Gasteiger partial charge < -0.3 is 4.74 Å². The number of pyridine rings is 1. The second-order valence-electron chi connectivity index (χ2n) is 4.83. The maximum Gasteiger partial charge on any atom is 0.119 e. The number of allylic oxidation sites excluding steroid dienone is 1. The molecule has 0 atom stereocenters. The van der Waals surface area contributed by atoms with Crippen molar-refractivity contribution >= 4 is 11.6 Å². The Kier molecular flexibility index (Phi) is 3.32. The summed E-state index contributed by atoms with van der Waals surface area (Å²) >= 11 is 0. The molecular formula is C17H17NO. The molecule has 1 aromatic carbocycles. The van der Waals surface area contributed by atoms with E-state index in [0.29, 0.717) is 0 Å². The molecule has 3 rings (SSSR count). The Balaban J connectivity index is 2.04. The van der Waals surface area contributed by atoms with Crippen LogP contribution in [-0.2, 0) is 6.42 Å². The van der Waals surface area contributed by atoms with Gasteiger partial charge in [-0.2, -0.15) is 0 Å². The molecule has 96 valence electrons. The van der Waals surface area contributed by atoms with Crippen molar-refractivity contribution in [1.29, 1.82) is 0 Å². The van der Waals surface area contributed by atoms with Crippen LogP contribution in [0.15, 0.2) is 42.7 Å². The molecule has 0 N–H and O–H groups in total. The Labute approximate surface area is 113 Å². The quantitative estimate of drug-likeness (QED) is 0.805. The minimum atomic E-state index is 0.928. The summed E-state index contributed by atoms with van der Waals surface area (Å²) in [5.74, 6) is 0.928. The highest BCUT2D eigenvalue weighted by Crippen LogP contribution is 2.34. The van der Waals surface area contributed by atoms with Crippen LogP contribution in [0.5, 0.6) is 5.75 Å². The van der Waals surface area contributed by atoms with E-state index in [1.807, 2.05) is 18.3 Å². The first-order chi connectivity index (χ1) is 9.36.